The molecule has 0 spiro atoms. The second-order valence-electron chi connectivity index (χ2n) is 5.27. The van der Waals surface area contributed by atoms with E-state index in [2.05, 4.69) is 20.6 Å². The lowest BCUT2D eigenvalue weighted by Gasteiger charge is -2.15. The first kappa shape index (κ1) is 14.0. The summed E-state index contributed by atoms with van der Waals surface area (Å²) >= 11 is 0. The molecular formula is C15H21N5O. The summed E-state index contributed by atoms with van der Waals surface area (Å²) in [6.07, 6.45) is 8.67. The smallest absolute Gasteiger partial charge is 0.142 e. The number of rotatable bonds is 6. The highest BCUT2D eigenvalue weighted by atomic mass is 16.5. The zero-order valence-electron chi connectivity index (χ0n) is 12.2. The van der Waals surface area contributed by atoms with Crippen molar-refractivity contribution in [3.05, 3.63) is 42.2 Å². The number of pyridine rings is 1. The molecular weight excluding hydrogens is 266 g/mol. The molecule has 2 N–H and O–H groups in total. The van der Waals surface area contributed by atoms with Crippen molar-refractivity contribution in [3.63, 3.8) is 0 Å². The minimum atomic E-state index is 0.252. The van der Waals surface area contributed by atoms with Crippen LogP contribution in [0.4, 0.5) is 0 Å². The van der Waals surface area contributed by atoms with Gasteiger partial charge in [0.05, 0.1) is 12.7 Å². The van der Waals surface area contributed by atoms with Gasteiger partial charge in [-0.3, -0.25) is 4.98 Å². The molecule has 0 saturated carbocycles. The van der Waals surface area contributed by atoms with Crippen LogP contribution in [0.15, 0.2) is 30.9 Å². The number of aryl methyl sites for hydroxylation is 1. The maximum atomic E-state index is 6.03. The van der Waals surface area contributed by atoms with Crippen LogP contribution in [0, 0.1) is 0 Å². The maximum Gasteiger partial charge on any atom is 0.142 e. The minimum Gasteiger partial charge on any atom is -0.487 e. The maximum absolute atomic E-state index is 6.03. The largest absolute Gasteiger partial charge is 0.487 e. The molecule has 0 amide bonds. The highest BCUT2D eigenvalue weighted by Gasteiger charge is 2.17. The summed E-state index contributed by atoms with van der Waals surface area (Å²) in [6.45, 7) is 3.41. The van der Waals surface area contributed by atoms with E-state index in [9.17, 15) is 0 Å². The molecule has 1 aliphatic heterocycles. The number of hydrogen-bond acceptors (Lipinski definition) is 5. The number of aromatic nitrogens is 3. The van der Waals surface area contributed by atoms with Crippen molar-refractivity contribution < 1.29 is 4.74 Å². The SMILES string of the molecule is Cn1ccnc1CNCc1ccncc1O[C@H]1CCNC1. The molecule has 1 fully saturated rings. The van der Waals surface area contributed by atoms with E-state index < -0.39 is 0 Å². The van der Waals surface area contributed by atoms with Gasteiger partial charge in [0.2, 0.25) is 0 Å². The Morgan fingerprint density at radius 3 is 3.14 bits per heavy atom. The summed E-state index contributed by atoms with van der Waals surface area (Å²) < 4.78 is 8.05. The molecule has 6 heteroatoms. The van der Waals surface area contributed by atoms with Crippen LogP contribution in [0.1, 0.15) is 17.8 Å². The quantitative estimate of drug-likeness (QED) is 0.824. The first-order chi connectivity index (χ1) is 10.3. The van der Waals surface area contributed by atoms with E-state index in [1.54, 1.807) is 12.4 Å². The van der Waals surface area contributed by atoms with E-state index in [4.69, 9.17) is 4.74 Å². The number of hydrogen-bond donors (Lipinski definition) is 2. The molecule has 3 rings (SSSR count). The monoisotopic (exact) mass is 287 g/mol. The minimum absolute atomic E-state index is 0.252. The lowest BCUT2D eigenvalue weighted by molar-refractivity contribution is 0.219. The fourth-order valence-corrected chi connectivity index (χ4v) is 2.45. The highest BCUT2D eigenvalue weighted by molar-refractivity contribution is 5.30. The predicted octanol–water partition coefficient (Wildman–Crippen LogP) is 0.846. The molecule has 1 saturated heterocycles. The lowest BCUT2D eigenvalue weighted by atomic mass is 10.2. The molecule has 0 unspecified atom stereocenters. The Morgan fingerprint density at radius 2 is 2.38 bits per heavy atom. The van der Waals surface area contributed by atoms with Gasteiger partial charge in [-0.25, -0.2) is 4.98 Å². The van der Waals surface area contributed by atoms with E-state index in [0.717, 1.165) is 49.7 Å². The molecule has 21 heavy (non-hydrogen) atoms. The van der Waals surface area contributed by atoms with Crippen molar-refractivity contribution in [2.75, 3.05) is 13.1 Å². The fourth-order valence-electron chi connectivity index (χ4n) is 2.45. The van der Waals surface area contributed by atoms with Crippen LogP contribution in [-0.4, -0.2) is 33.7 Å². The van der Waals surface area contributed by atoms with Crippen LogP contribution in [0.25, 0.3) is 0 Å². The molecule has 3 heterocycles. The molecule has 1 atom stereocenters. The molecule has 0 aromatic carbocycles. The van der Waals surface area contributed by atoms with E-state index in [1.807, 2.05) is 30.1 Å². The van der Waals surface area contributed by atoms with Crippen molar-refractivity contribution in [3.8, 4) is 5.75 Å². The van der Waals surface area contributed by atoms with E-state index in [-0.39, 0.29) is 6.10 Å². The summed E-state index contributed by atoms with van der Waals surface area (Å²) in [6, 6.07) is 2.00. The van der Waals surface area contributed by atoms with Crippen molar-refractivity contribution in [1.82, 2.24) is 25.2 Å². The van der Waals surface area contributed by atoms with Gasteiger partial charge in [-0.2, -0.15) is 0 Å². The van der Waals surface area contributed by atoms with E-state index >= 15 is 0 Å². The number of imidazole rings is 1. The summed E-state index contributed by atoms with van der Waals surface area (Å²) in [7, 11) is 2.00. The van der Waals surface area contributed by atoms with Gasteiger partial charge in [-0.15, -0.1) is 0 Å². The molecule has 0 radical (unpaired) electrons. The van der Waals surface area contributed by atoms with Crippen molar-refractivity contribution in [2.24, 2.45) is 7.05 Å². The first-order valence-electron chi connectivity index (χ1n) is 7.30. The number of nitrogens with one attached hydrogen (secondary N) is 2. The van der Waals surface area contributed by atoms with Crippen LogP contribution in [0.2, 0.25) is 0 Å². The van der Waals surface area contributed by atoms with Gasteiger partial charge in [0.1, 0.15) is 17.7 Å². The van der Waals surface area contributed by atoms with E-state index in [0.29, 0.717) is 0 Å². The molecule has 112 valence electrons. The Morgan fingerprint density at radius 1 is 1.43 bits per heavy atom. The Labute approximate surface area is 124 Å². The van der Waals surface area contributed by atoms with Gasteiger partial charge in [0.25, 0.3) is 0 Å². The van der Waals surface area contributed by atoms with Crippen LogP contribution in [0.3, 0.4) is 0 Å². The van der Waals surface area contributed by atoms with Crippen LogP contribution in [-0.2, 0) is 20.1 Å². The predicted molar refractivity (Wildman–Crippen MR) is 79.9 cm³/mol. The van der Waals surface area contributed by atoms with Gasteiger partial charge in [-0.05, 0) is 19.0 Å². The van der Waals surface area contributed by atoms with Crippen molar-refractivity contribution >= 4 is 0 Å². The normalized spacial score (nSPS) is 18.0. The average Bonchev–Trinajstić information content (AvgIpc) is 3.13. The van der Waals surface area contributed by atoms with Crippen LogP contribution >= 0.6 is 0 Å². The summed E-state index contributed by atoms with van der Waals surface area (Å²) in [5.74, 6) is 1.89. The van der Waals surface area contributed by atoms with Crippen LogP contribution < -0.4 is 15.4 Å². The molecule has 1 aliphatic rings. The Hall–Kier alpha value is -1.92. The zero-order chi connectivity index (χ0) is 14.5. The number of nitrogens with zero attached hydrogens (tertiary/aromatic N) is 3. The van der Waals surface area contributed by atoms with Gasteiger partial charge in [0.15, 0.2) is 0 Å². The summed E-state index contributed by atoms with van der Waals surface area (Å²) in [5.41, 5.74) is 1.13. The number of ether oxygens (including phenoxy) is 1. The third kappa shape index (κ3) is 3.59. The Kier molecular flexibility index (Phi) is 4.47. The third-order valence-corrected chi connectivity index (χ3v) is 3.70. The molecule has 0 bridgehead atoms. The standard InChI is InChI=1S/C15H21N5O/c1-20-7-6-19-15(20)11-18-8-12-2-4-17-10-14(12)21-13-3-5-16-9-13/h2,4,6-7,10,13,16,18H,3,5,8-9,11H2,1H3/t13-/m0/s1. The van der Waals surface area contributed by atoms with Gasteiger partial charge in [-0.1, -0.05) is 0 Å². The lowest BCUT2D eigenvalue weighted by Crippen LogP contribution is -2.21. The van der Waals surface area contributed by atoms with Gasteiger partial charge >= 0.3 is 0 Å². The third-order valence-electron chi connectivity index (χ3n) is 3.70. The van der Waals surface area contributed by atoms with Gasteiger partial charge < -0.3 is 19.9 Å². The van der Waals surface area contributed by atoms with Crippen molar-refractivity contribution in [2.45, 2.75) is 25.6 Å². The Bertz CT molecular complexity index is 577. The van der Waals surface area contributed by atoms with E-state index in [1.165, 1.54) is 0 Å². The second kappa shape index (κ2) is 6.69. The fraction of sp³-hybridized carbons (Fsp3) is 0.467. The first-order valence-corrected chi connectivity index (χ1v) is 7.30. The zero-order valence-corrected chi connectivity index (χ0v) is 12.2. The molecule has 0 aliphatic carbocycles. The average molecular weight is 287 g/mol. The Balaban J connectivity index is 1.58. The topological polar surface area (TPSA) is 64.0 Å². The summed E-state index contributed by atoms with van der Waals surface area (Å²) in [4.78, 5) is 8.47. The van der Waals surface area contributed by atoms with Gasteiger partial charge in [0, 0.05) is 44.3 Å². The molecule has 6 nitrogen and oxygen atoms in total. The highest BCUT2D eigenvalue weighted by Crippen LogP contribution is 2.19. The molecule has 2 aromatic rings. The van der Waals surface area contributed by atoms with Crippen LogP contribution in [0.5, 0.6) is 5.75 Å². The summed E-state index contributed by atoms with van der Waals surface area (Å²) in [5, 5.41) is 6.71. The van der Waals surface area contributed by atoms with Crippen molar-refractivity contribution in [1.29, 1.82) is 0 Å². The molecule has 2 aromatic heterocycles. The second-order valence-corrected chi connectivity index (χ2v) is 5.27.